The van der Waals surface area contributed by atoms with Crippen molar-refractivity contribution in [3.8, 4) is 0 Å². The van der Waals surface area contributed by atoms with Gasteiger partial charge in [-0.15, -0.1) is 10.2 Å². The van der Waals surface area contributed by atoms with Crippen LogP contribution >= 0.6 is 11.3 Å². The predicted molar refractivity (Wildman–Crippen MR) is 102 cm³/mol. The Balaban J connectivity index is 1.51. The van der Waals surface area contributed by atoms with E-state index in [1.165, 1.54) is 24.3 Å². The minimum absolute atomic E-state index is 0.0484. The van der Waals surface area contributed by atoms with Crippen molar-refractivity contribution in [2.75, 3.05) is 16.0 Å². The van der Waals surface area contributed by atoms with E-state index in [1.807, 2.05) is 31.2 Å². The molecule has 0 aliphatic rings. The first-order valence-corrected chi connectivity index (χ1v) is 8.82. The van der Waals surface area contributed by atoms with Crippen molar-refractivity contribution in [3.05, 3.63) is 64.9 Å². The van der Waals surface area contributed by atoms with Crippen molar-refractivity contribution in [1.29, 1.82) is 0 Å². The highest BCUT2D eigenvalue weighted by molar-refractivity contribution is 7.15. The summed E-state index contributed by atoms with van der Waals surface area (Å²) in [6, 6.07) is 12.3. The molecule has 0 atom stereocenters. The van der Waals surface area contributed by atoms with Crippen molar-refractivity contribution in [2.24, 2.45) is 0 Å². The van der Waals surface area contributed by atoms with Gasteiger partial charge in [0.1, 0.15) is 10.8 Å². The SMILES string of the molecule is Cc1ccc(NC(=O)Cc2nnc(NC(=O)Nc3ccc(F)cc3)s2)cc1. The molecule has 138 valence electrons. The van der Waals surface area contributed by atoms with Gasteiger partial charge in [0, 0.05) is 11.4 Å². The van der Waals surface area contributed by atoms with Crippen LogP contribution < -0.4 is 16.0 Å². The molecule has 3 rings (SSSR count). The molecule has 0 unspecified atom stereocenters. The molecule has 0 bridgehead atoms. The zero-order chi connectivity index (χ0) is 19.2. The molecular weight excluding hydrogens is 369 g/mol. The number of nitrogens with zero attached hydrogens (tertiary/aromatic N) is 2. The lowest BCUT2D eigenvalue weighted by molar-refractivity contribution is -0.115. The number of amides is 3. The van der Waals surface area contributed by atoms with Crippen LogP contribution in [-0.2, 0) is 11.2 Å². The molecule has 3 aromatic rings. The van der Waals surface area contributed by atoms with E-state index in [4.69, 9.17) is 0 Å². The average molecular weight is 385 g/mol. The first-order valence-electron chi connectivity index (χ1n) is 8.00. The zero-order valence-corrected chi connectivity index (χ0v) is 15.1. The van der Waals surface area contributed by atoms with Gasteiger partial charge in [0.05, 0.1) is 6.42 Å². The number of aromatic nitrogens is 2. The summed E-state index contributed by atoms with van der Waals surface area (Å²) in [4.78, 5) is 24.0. The highest BCUT2D eigenvalue weighted by Crippen LogP contribution is 2.17. The van der Waals surface area contributed by atoms with Gasteiger partial charge in [-0.25, -0.2) is 9.18 Å². The first-order chi connectivity index (χ1) is 13.0. The van der Waals surface area contributed by atoms with Crippen LogP contribution in [-0.4, -0.2) is 22.1 Å². The van der Waals surface area contributed by atoms with E-state index in [-0.39, 0.29) is 17.5 Å². The Morgan fingerprint density at radius 1 is 0.926 bits per heavy atom. The van der Waals surface area contributed by atoms with Gasteiger partial charge in [0.2, 0.25) is 11.0 Å². The lowest BCUT2D eigenvalue weighted by Crippen LogP contribution is -2.19. The molecule has 3 amide bonds. The Labute approximate surface area is 158 Å². The summed E-state index contributed by atoms with van der Waals surface area (Å²) in [6.45, 7) is 1.97. The number of carbonyl (C=O) groups is 2. The van der Waals surface area contributed by atoms with E-state index in [2.05, 4.69) is 26.1 Å². The van der Waals surface area contributed by atoms with Crippen LogP contribution in [0.1, 0.15) is 10.6 Å². The molecular formula is C18H16FN5O2S. The molecule has 7 nitrogen and oxygen atoms in total. The lowest BCUT2D eigenvalue weighted by atomic mass is 10.2. The minimum atomic E-state index is -0.534. The molecule has 1 aromatic heterocycles. The van der Waals surface area contributed by atoms with Crippen LogP contribution in [0.2, 0.25) is 0 Å². The van der Waals surface area contributed by atoms with E-state index < -0.39 is 11.8 Å². The summed E-state index contributed by atoms with van der Waals surface area (Å²) < 4.78 is 12.9. The summed E-state index contributed by atoms with van der Waals surface area (Å²) in [7, 11) is 0. The topological polar surface area (TPSA) is 96.0 Å². The fourth-order valence-corrected chi connectivity index (χ4v) is 2.88. The molecule has 0 saturated heterocycles. The molecule has 27 heavy (non-hydrogen) atoms. The van der Waals surface area contributed by atoms with Gasteiger partial charge in [0.25, 0.3) is 0 Å². The van der Waals surface area contributed by atoms with Crippen molar-refractivity contribution in [3.63, 3.8) is 0 Å². The van der Waals surface area contributed by atoms with Gasteiger partial charge >= 0.3 is 6.03 Å². The van der Waals surface area contributed by atoms with Crippen LogP contribution in [0.4, 0.5) is 25.7 Å². The highest BCUT2D eigenvalue weighted by Gasteiger charge is 2.12. The van der Waals surface area contributed by atoms with Crippen molar-refractivity contribution in [1.82, 2.24) is 10.2 Å². The monoisotopic (exact) mass is 385 g/mol. The summed E-state index contributed by atoms with van der Waals surface area (Å²) in [6.07, 6.45) is 0.0484. The molecule has 1 heterocycles. The molecule has 0 aliphatic carbocycles. The number of anilines is 3. The largest absolute Gasteiger partial charge is 0.326 e. The van der Waals surface area contributed by atoms with Crippen LogP contribution in [0.15, 0.2) is 48.5 Å². The molecule has 0 aliphatic heterocycles. The number of rotatable bonds is 5. The van der Waals surface area contributed by atoms with Gasteiger partial charge < -0.3 is 10.6 Å². The van der Waals surface area contributed by atoms with Gasteiger partial charge in [-0.1, -0.05) is 29.0 Å². The van der Waals surface area contributed by atoms with E-state index >= 15 is 0 Å². The maximum Gasteiger partial charge on any atom is 0.325 e. The third kappa shape index (κ3) is 5.58. The highest BCUT2D eigenvalue weighted by atomic mass is 32.1. The quantitative estimate of drug-likeness (QED) is 0.622. The van der Waals surface area contributed by atoms with Gasteiger partial charge in [-0.05, 0) is 43.3 Å². The van der Waals surface area contributed by atoms with E-state index in [9.17, 15) is 14.0 Å². The van der Waals surface area contributed by atoms with Crippen molar-refractivity contribution >= 4 is 39.8 Å². The summed E-state index contributed by atoms with van der Waals surface area (Å²) >= 11 is 1.10. The number of hydrogen-bond donors (Lipinski definition) is 3. The molecule has 0 spiro atoms. The number of nitrogens with one attached hydrogen (secondary N) is 3. The Hall–Kier alpha value is -3.33. The minimum Gasteiger partial charge on any atom is -0.326 e. The molecule has 3 N–H and O–H groups in total. The number of hydrogen-bond acceptors (Lipinski definition) is 5. The van der Waals surface area contributed by atoms with Crippen LogP contribution in [0.3, 0.4) is 0 Å². The summed E-state index contributed by atoms with van der Waals surface area (Å²) in [5, 5.41) is 16.3. The average Bonchev–Trinajstić information content (AvgIpc) is 3.05. The number of benzene rings is 2. The normalized spacial score (nSPS) is 10.3. The smallest absolute Gasteiger partial charge is 0.325 e. The van der Waals surface area contributed by atoms with Crippen LogP contribution in [0.25, 0.3) is 0 Å². The molecule has 0 radical (unpaired) electrons. The van der Waals surface area contributed by atoms with Gasteiger partial charge in [-0.2, -0.15) is 0 Å². The predicted octanol–water partition coefficient (Wildman–Crippen LogP) is 3.81. The van der Waals surface area contributed by atoms with Crippen molar-refractivity contribution < 1.29 is 14.0 Å². The molecule has 2 aromatic carbocycles. The second-order valence-corrected chi connectivity index (χ2v) is 6.74. The maximum atomic E-state index is 12.9. The molecule has 0 saturated carbocycles. The second kappa shape index (κ2) is 8.37. The Morgan fingerprint density at radius 2 is 1.56 bits per heavy atom. The number of halogens is 1. The molecule has 9 heteroatoms. The maximum absolute atomic E-state index is 12.9. The van der Waals surface area contributed by atoms with Crippen molar-refractivity contribution in [2.45, 2.75) is 13.3 Å². The standard InChI is InChI=1S/C18H16FN5O2S/c1-11-2-6-13(7-3-11)20-15(25)10-16-23-24-18(27-16)22-17(26)21-14-8-4-12(19)5-9-14/h2-9H,10H2,1H3,(H,20,25)(H2,21,22,24,26). The van der Waals surface area contributed by atoms with E-state index in [1.54, 1.807) is 0 Å². The first kappa shape index (κ1) is 18.5. The Kier molecular flexibility index (Phi) is 5.72. The lowest BCUT2D eigenvalue weighted by Gasteiger charge is -2.04. The number of aryl methyl sites for hydroxylation is 1. The fourth-order valence-electron chi connectivity index (χ4n) is 2.15. The molecule has 0 fully saturated rings. The Bertz CT molecular complexity index is 865. The number of carbonyl (C=O) groups excluding carboxylic acids is 2. The van der Waals surface area contributed by atoms with Gasteiger partial charge in [0.15, 0.2) is 0 Å². The Morgan fingerprint density at radius 3 is 2.26 bits per heavy atom. The third-order valence-electron chi connectivity index (χ3n) is 3.44. The number of urea groups is 1. The fraction of sp³-hybridized carbons (Fsp3) is 0.111. The third-order valence-corrected chi connectivity index (χ3v) is 4.28. The summed E-state index contributed by atoms with van der Waals surface area (Å²) in [5.41, 5.74) is 2.25. The second-order valence-electron chi connectivity index (χ2n) is 5.68. The van der Waals surface area contributed by atoms with E-state index in [0.717, 1.165) is 16.9 Å². The summed E-state index contributed by atoms with van der Waals surface area (Å²) in [5.74, 6) is -0.615. The van der Waals surface area contributed by atoms with Gasteiger partial charge in [-0.3, -0.25) is 10.1 Å². The van der Waals surface area contributed by atoms with E-state index in [0.29, 0.717) is 16.4 Å². The zero-order valence-electron chi connectivity index (χ0n) is 14.3. The van der Waals surface area contributed by atoms with Crippen LogP contribution in [0.5, 0.6) is 0 Å². The van der Waals surface area contributed by atoms with Crippen LogP contribution in [0, 0.1) is 12.7 Å².